The molecule has 2 aromatic rings. The molecule has 1 saturated carbocycles. The first kappa shape index (κ1) is 14.6. The van der Waals surface area contributed by atoms with E-state index in [-0.39, 0.29) is 18.3 Å². The Morgan fingerprint density at radius 1 is 1.35 bits per heavy atom. The number of halogens is 1. The van der Waals surface area contributed by atoms with Crippen LogP contribution in [0, 0.1) is 0 Å². The molecular formula is C14H17ClN4O. The van der Waals surface area contributed by atoms with Crippen molar-refractivity contribution in [2.75, 3.05) is 0 Å². The van der Waals surface area contributed by atoms with E-state index in [0.717, 1.165) is 24.1 Å². The van der Waals surface area contributed by atoms with Crippen LogP contribution in [-0.4, -0.2) is 21.2 Å². The fourth-order valence-electron chi connectivity index (χ4n) is 1.91. The quantitative estimate of drug-likeness (QED) is 0.895. The standard InChI is InChI=1S/C14H16N4O.ClH/c15-14(6-7-14)13(19)16-10-11-2-4-12(5-3-11)18-9-1-8-17-18;/h1-5,8-9H,6-7,10,15H2,(H,16,19);1H. The van der Waals surface area contributed by atoms with Crippen molar-refractivity contribution >= 4 is 18.3 Å². The first-order valence-electron chi connectivity index (χ1n) is 6.34. The number of carbonyl (C=O) groups excluding carboxylic acids is 1. The van der Waals surface area contributed by atoms with E-state index in [2.05, 4.69) is 10.4 Å². The van der Waals surface area contributed by atoms with Crippen LogP contribution < -0.4 is 11.1 Å². The highest BCUT2D eigenvalue weighted by molar-refractivity contribution is 5.88. The molecule has 1 fully saturated rings. The Labute approximate surface area is 123 Å². The Bertz CT molecular complexity index is 576. The Morgan fingerprint density at radius 2 is 2.05 bits per heavy atom. The lowest BCUT2D eigenvalue weighted by Gasteiger charge is -2.10. The smallest absolute Gasteiger partial charge is 0.240 e. The molecule has 20 heavy (non-hydrogen) atoms. The zero-order chi connectivity index (χ0) is 13.3. The van der Waals surface area contributed by atoms with Crippen molar-refractivity contribution < 1.29 is 4.79 Å². The highest BCUT2D eigenvalue weighted by Gasteiger charge is 2.45. The van der Waals surface area contributed by atoms with Crippen LogP contribution in [0.2, 0.25) is 0 Å². The molecular weight excluding hydrogens is 276 g/mol. The van der Waals surface area contributed by atoms with Crippen molar-refractivity contribution in [3.05, 3.63) is 48.3 Å². The number of nitrogens with zero attached hydrogens (tertiary/aromatic N) is 2. The lowest BCUT2D eigenvalue weighted by molar-refractivity contribution is -0.123. The number of amides is 1. The summed E-state index contributed by atoms with van der Waals surface area (Å²) in [5.41, 5.74) is 7.26. The second kappa shape index (κ2) is 5.64. The molecule has 0 aliphatic heterocycles. The van der Waals surface area contributed by atoms with Crippen LogP contribution in [0.15, 0.2) is 42.7 Å². The van der Waals surface area contributed by atoms with Crippen molar-refractivity contribution in [3.63, 3.8) is 0 Å². The first-order chi connectivity index (χ1) is 9.17. The van der Waals surface area contributed by atoms with Crippen LogP contribution in [0.3, 0.4) is 0 Å². The molecule has 1 aromatic heterocycles. The molecule has 106 valence electrons. The molecule has 3 N–H and O–H groups in total. The van der Waals surface area contributed by atoms with Gasteiger partial charge in [-0.15, -0.1) is 12.4 Å². The van der Waals surface area contributed by atoms with Crippen LogP contribution in [0.25, 0.3) is 5.69 Å². The summed E-state index contributed by atoms with van der Waals surface area (Å²) in [5.74, 6) is -0.0522. The number of nitrogens with two attached hydrogens (primary N) is 1. The summed E-state index contributed by atoms with van der Waals surface area (Å²) in [6.07, 6.45) is 5.21. The zero-order valence-electron chi connectivity index (χ0n) is 11.0. The van der Waals surface area contributed by atoms with E-state index in [4.69, 9.17) is 5.73 Å². The third-order valence-electron chi connectivity index (χ3n) is 3.40. The second-order valence-corrected chi connectivity index (χ2v) is 4.96. The number of aromatic nitrogens is 2. The van der Waals surface area contributed by atoms with Gasteiger partial charge in [-0.1, -0.05) is 12.1 Å². The molecule has 1 heterocycles. The molecule has 6 heteroatoms. The molecule has 0 bridgehead atoms. The lowest BCUT2D eigenvalue weighted by atomic mass is 10.2. The third-order valence-corrected chi connectivity index (χ3v) is 3.40. The summed E-state index contributed by atoms with van der Waals surface area (Å²) >= 11 is 0. The van der Waals surface area contributed by atoms with E-state index < -0.39 is 5.54 Å². The van der Waals surface area contributed by atoms with E-state index in [1.54, 1.807) is 10.9 Å². The maximum absolute atomic E-state index is 11.7. The van der Waals surface area contributed by atoms with E-state index in [1.807, 2.05) is 36.5 Å². The summed E-state index contributed by atoms with van der Waals surface area (Å²) in [6, 6.07) is 9.79. The number of nitrogens with one attached hydrogen (secondary N) is 1. The van der Waals surface area contributed by atoms with Gasteiger partial charge in [-0.05, 0) is 36.6 Å². The van der Waals surface area contributed by atoms with Gasteiger partial charge in [0, 0.05) is 18.9 Å². The van der Waals surface area contributed by atoms with E-state index >= 15 is 0 Å². The average molecular weight is 293 g/mol. The fourth-order valence-corrected chi connectivity index (χ4v) is 1.91. The molecule has 0 radical (unpaired) electrons. The third kappa shape index (κ3) is 3.00. The maximum Gasteiger partial charge on any atom is 0.240 e. The van der Waals surface area contributed by atoms with Crippen LogP contribution >= 0.6 is 12.4 Å². The highest BCUT2D eigenvalue weighted by Crippen LogP contribution is 2.32. The molecule has 1 amide bonds. The summed E-state index contributed by atoms with van der Waals surface area (Å²) in [6.45, 7) is 0.511. The first-order valence-corrected chi connectivity index (χ1v) is 6.34. The van der Waals surface area contributed by atoms with Gasteiger partial charge in [-0.2, -0.15) is 5.10 Å². The van der Waals surface area contributed by atoms with Crippen LogP contribution in [0.1, 0.15) is 18.4 Å². The van der Waals surface area contributed by atoms with Crippen molar-refractivity contribution in [1.82, 2.24) is 15.1 Å². The van der Waals surface area contributed by atoms with Gasteiger partial charge >= 0.3 is 0 Å². The molecule has 0 saturated heterocycles. The minimum Gasteiger partial charge on any atom is -0.350 e. The monoisotopic (exact) mass is 292 g/mol. The summed E-state index contributed by atoms with van der Waals surface area (Å²) in [5, 5.41) is 7.03. The molecule has 0 spiro atoms. The molecule has 1 aromatic carbocycles. The Morgan fingerprint density at radius 3 is 2.60 bits per heavy atom. The minimum absolute atomic E-state index is 0. The molecule has 5 nitrogen and oxygen atoms in total. The van der Waals surface area contributed by atoms with E-state index in [0.29, 0.717) is 6.54 Å². The van der Waals surface area contributed by atoms with Gasteiger partial charge in [0.15, 0.2) is 0 Å². The predicted octanol–water partition coefficient (Wildman–Crippen LogP) is 1.40. The summed E-state index contributed by atoms with van der Waals surface area (Å²) in [7, 11) is 0. The SMILES string of the molecule is Cl.NC1(C(=O)NCc2ccc(-n3cccn3)cc2)CC1. The average Bonchev–Trinajstić information content (AvgIpc) is 2.97. The number of benzene rings is 1. The number of carbonyl (C=O) groups is 1. The Hall–Kier alpha value is -1.85. The van der Waals surface area contributed by atoms with Crippen molar-refractivity contribution in [3.8, 4) is 5.69 Å². The lowest BCUT2D eigenvalue weighted by Crippen LogP contribution is -2.42. The van der Waals surface area contributed by atoms with Gasteiger partial charge in [0.05, 0.1) is 11.2 Å². The van der Waals surface area contributed by atoms with Crippen LogP contribution in [-0.2, 0) is 11.3 Å². The maximum atomic E-state index is 11.7. The zero-order valence-corrected chi connectivity index (χ0v) is 11.8. The van der Waals surface area contributed by atoms with E-state index in [9.17, 15) is 4.79 Å². The molecule has 1 aliphatic carbocycles. The fraction of sp³-hybridized carbons (Fsp3) is 0.286. The molecule has 0 unspecified atom stereocenters. The van der Waals surface area contributed by atoms with Crippen LogP contribution in [0.4, 0.5) is 0 Å². The Kier molecular flexibility index (Phi) is 4.11. The number of rotatable bonds is 4. The predicted molar refractivity (Wildman–Crippen MR) is 78.8 cm³/mol. The van der Waals surface area contributed by atoms with Gasteiger partial charge < -0.3 is 11.1 Å². The van der Waals surface area contributed by atoms with E-state index in [1.165, 1.54) is 0 Å². The molecule has 1 aliphatic rings. The topological polar surface area (TPSA) is 72.9 Å². The van der Waals surface area contributed by atoms with Crippen molar-refractivity contribution in [2.24, 2.45) is 5.73 Å². The van der Waals surface area contributed by atoms with Crippen molar-refractivity contribution in [1.29, 1.82) is 0 Å². The second-order valence-electron chi connectivity index (χ2n) is 4.96. The van der Waals surface area contributed by atoms with Gasteiger partial charge in [-0.3, -0.25) is 4.79 Å². The highest BCUT2D eigenvalue weighted by atomic mass is 35.5. The van der Waals surface area contributed by atoms with Gasteiger partial charge in [0.1, 0.15) is 0 Å². The Balaban J connectivity index is 0.00000147. The van der Waals surface area contributed by atoms with Gasteiger partial charge in [0.25, 0.3) is 0 Å². The molecule has 0 atom stereocenters. The largest absolute Gasteiger partial charge is 0.350 e. The number of hydrogen-bond donors (Lipinski definition) is 2. The summed E-state index contributed by atoms with van der Waals surface area (Å²) < 4.78 is 1.79. The van der Waals surface area contributed by atoms with Crippen LogP contribution in [0.5, 0.6) is 0 Å². The van der Waals surface area contributed by atoms with Gasteiger partial charge in [0.2, 0.25) is 5.91 Å². The molecule has 3 rings (SSSR count). The normalized spacial score (nSPS) is 15.2. The number of hydrogen-bond acceptors (Lipinski definition) is 3. The van der Waals surface area contributed by atoms with Crippen molar-refractivity contribution in [2.45, 2.75) is 24.9 Å². The summed E-state index contributed by atoms with van der Waals surface area (Å²) in [4.78, 5) is 11.7. The minimum atomic E-state index is -0.602. The van der Waals surface area contributed by atoms with Gasteiger partial charge in [-0.25, -0.2) is 4.68 Å².